The van der Waals surface area contributed by atoms with Crippen molar-refractivity contribution in [1.82, 2.24) is 3.97 Å². The number of halogens is 2. The summed E-state index contributed by atoms with van der Waals surface area (Å²) in [5.41, 5.74) is 1.42. The average Bonchev–Trinajstić information content (AvgIpc) is 3.04. The van der Waals surface area contributed by atoms with Crippen LogP contribution in [0.15, 0.2) is 77.7 Å². The first-order chi connectivity index (χ1) is 12.9. The molecule has 0 saturated heterocycles. The third kappa shape index (κ3) is 2.87. The van der Waals surface area contributed by atoms with Crippen molar-refractivity contribution in [3.05, 3.63) is 83.6 Å². The van der Waals surface area contributed by atoms with E-state index < -0.39 is 26.5 Å². The number of aromatic nitrogens is 1. The minimum absolute atomic E-state index is 0.377. The quantitative estimate of drug-likeness (QED) is 0.523. The molecule has 27 heavy (non-hydrogen) atoms. The molecular weight excluding hydrogens is 389 g/mol. The Kier molecular flexibility index (Phi) is 4.17. The van der Waals surface area contributed by atoms with E-state index in [4.69, 9.17) is 11.6 Å². The van der Waals surface area contributed by atoms with E-state index >= 15 is 0 Å². The summed E-state index contributed by atoms with van der Waals surface area (Å²) in [5, 5.41) is 11.1. The van der Waals surface area contributed by atoms with E-state index in [1.807, 2.05) is 6.07 Å². The number of para-hydroxylation sites is 1. The molecule has 1 N–H and O–H groups in total. The lowest BCUT2D eigenvalue weighted by Crippen LogP contribution is -2.14. The molecule has 0 aliphatic carbocycles. The average molecular weight is 402 g/mol. The molecule has 0 unspecified atom stereocenters. The molecule has 4 aromatic rings. The number of aromatic hydroxyl groups is 1. The van der Waals surface area contributed by atoms with Crippen LogP contribution in [-0.2, 0) is 10.0 Å². The maximum absolute atomic E-state index is 13.8. The highest BCUT2D eigenvalue weighted by molar-refractivity contribution is 7.90. The molecule has 0 aliphatic heterocycles. The van der Waals surface area contributed by atoms with Crippen LogP contribution in [-0.4, -0.2) is 17.5 Å². The molecule has 0 spiro atoms. The first-order valence-electron chi connectivity index (χ1n) is 7.99. The van der Waals surface area contributed by atoms with Crippen molar-refractivity contribution in [2.24, 2.45) is 0 Å². The second kappa shape index (κ2) is 6.40. The predicted octanol–water partition coefficient (Wildman–Crippen LogP) is 5.04. The number of benzene rings is 3. The molecule has 4 nitrogen and oxygen atoms in total. The van der Waals surface area contributed by atoms with Gasteiger partial charge in [0.15, 0.2) is 11.6 Å². The molecule has 0 atom stereocenters. The second-order valence-corrected chi connectivity index (χ2v) is 8.15. The summed E-state index contributed by atoms with van der Waals surface area (Å²) >= 11 is 6.06. The van der Waals surface area contributed by atoms with Gasteiger partial charge in [0.2, 0.25) is 0 Å². The van der Waals surface area contributed by atoms with E-state index in [0.717, 1.165) is 10.0 Å². The molecule has 0 aliphatic rings. The third-order valence-corrected chi connectivity index (χ3v) is 6.25. The van der Waals surface area contributed by atoms with Gasteiger partial charge < -0.3 is 5.11 Å². The number of rotatable bonds is 3. The topological polar surface area (TPSA) is 59.3 Å². The lowest BCUT2D eigenvalue weighted by Gasteiger charge is -2.13. The highest BCUT2D eigenvalue weighted by Gasteiger charge is 2.27. The zero-order valence-corrected chi connectivity index (χ0v) is 15.4. The SMILES string of the molecule is O=S(=O)(c1cccc(F)c1O)n1c(-c2ccccc2)cc2cc(Cl)ccc21. The largest absolute Gasteiger partial charge is 0.504 e. The fraction of sp³-hybridized carbons (Fsp3) is 0. The van der Waals surface area contributed by atoms with Gasteiger partial charge in [-0.2, -0.15) is 0 Å². The zero-order valence-electron chi connectivity index (χ0n) is 13.8. The van der Waals surface area contributed by atoms with Gasteiger partial charge in [0, 0.05) is 10.4 Å². The molecule has 7 heteroatoms. The van der Waals surface area contributed by atoms with Gasteiger partial charge in [0.25, 0.3) is 10.0 Å². The van der Waals surface area contributed by atoms with Crippen LogP contribution in [0.3, 0.4) is 0 Å². The highest BCUT2D eigenvalue weighted by Crippen LogP contribution is 2.36. The van der Waals surface area contributed by atoms with E-state index in [1.165, 1.54) is 12.1 Å². The first-order valence-corrected chi connectivity index (χ1v) is 9.81. The van der Waals surface area contributed by atoms with E-state index in [0.29, 0.717) is 27.2 Å². The minimum Gasteiger partial charge on any atom is -0.504 e. The Hall–Kier alpha value is -2.83. The Morgan fingerprint density at radius 1 is 0.926 bits per heavy atom. The maximum atomic E-state index is 13.8. The van der Waals surface area contributed by atoms with Gasteiger partial charge in [0.1, 0.15) is 4.90 Å². The Labute approximate surface area is 160 Å². The fourth-order valence-corrected chi connectivity index (χ4v) is 4.84. The molecule has 4 rings (SSSR count). The van der Waals surface area contributed by atoms with E-state index in [-0.39, 0.29) is 0 Å². The third-order valence-electron chi connectivity index (χ3n) is 4.26. The van der Waals surface area contributed by atoms with Gasteiger partial charge in [-0.15, -0.1) is 0 Å². The number of phenolic OH excluding ortho intramolecular Hbond substituents is 1. The van der Waals surface area contributed by atoms with Crippen LogP contribution in [0.25, 0.3) is 22.2 Å². The lowest BCUT2D eigenvalue weighted by molar-refractivity contribution is 0.417. The minimum atomic E-state index is -4.28. The Balaban J connectivity index is 2.10. The van der Waals surface area contributed by atoms with Gasteiger partial charge in [-0.1, -0.05) is 48.0 Å². The Bertz CT molecular complexity index is 1270. The molecule has 0 bridgehead atoms. The summed E-state index contributed by atoms with van der Waals surface area (Å²) in [4.78, 5) is -0.507. The van der Waals surface area contributed by atoms with Crippen LogP contribution in [0.4, 0.5) is 4.39 Å². The normalized spacial score (nSPS) is 11.8. The van der Waals surface area contributed by atoms with Gasteiger partial charge in [0.05, 0.1) is 11.2 Å². The number of phenols is 1. The highest BCUT2D eigenvalue weighted by atomic mass is 35.5. The van der Waals surface area contributed by atoms with Crippen LogP contribution >= 0.6 is 11.6 Å². The van der Waals surface area contributed by atoms with Crippen molar-refractivity contribution in [2.45, 2.75) is 4.90 Å². The molecule has 0 saturated carbocycles. The smallest absolute Gasteiger partial charge is 0.272 e. The van der Waals surface area contributed by atoms with Crippen molar-refractivity contribution in [3.8, 4) is 17.0 Å². The number of fused-ring (bicyclic) bond motifs is 1. The van der Waals surface area contributed by atoms with Crippen molar-refractivity contribution in [1.29, 1.82) is 0 Å². The molecule has 136 valence electrons. The molecule has 0 radical (unpaired) electrons. The number of hydrogen-bond donors (Lipinski definition) is 1. The van der Waals surface area contributed by atoms with E-state index in [9.17, 15) is 17.9 Å². The Morgan fingerprint density at radius 3 is 2.41 bits per heavy atom. The van der Waals surface area contributed by atoms with Crippen molar-refractivity contribution in [3.63, 3.8) is 0 Å². The van der Waals surface area contributed by atoms with Gasteiger partial charge in [-0.3, -0.25) is 0 Å². The van der Waals surface area contributed by atoms with Gasteiger partial charge >= 0.3 is 0 Å². The first kappa shape index (κ1) is 17.6. The molecule has 1 heterocycles. The second-order valence-electron chi connectivity index (χ2n) is 5.95. The lowest BCUT2D eigenvalue weighted by atomic mass is 10.1. The summed E-state index contributed by atoms with van der Waals surface area (Å²) in [6.07, 6.45) is 0. The molecular formula is C20H13ClFNO3S. The number of nitrogens with zero attached hydrogens (tertiary/aromatic N) is 1. The summed E-state index contributed by atoms with van der Waals surface area (Å²) in [6.45, 7) is 0. The molecule has 0 amide bonds. The number of hydrogen-bond acceptors (Lipinski definition) is 3. The van der Waals surface area contributed by atoms with Gasteiger partial charge in [-0.05, 0) is 42.0 Å². The standard InChI is InChI=1S/C20H13ClFNO3S/c21-15-9-10-17-14(11-15)12-18(13-5-2-1-3-6-13)23(17)27(25,26)19-8-4-7-16(22)20(19)24/h1-12,24H. The maximum Gasteiger partial charge on any atom is 0.272 e. The van der Waals surface area contributed by atoms with Crippen LogP contribution in [0.1, 0.15) is 0 Å². The van der Waals surface area contributed by atoms with Gasteiger partial charge in [-0.25, -0.2) is 16.8 Å². The monoisotopic (exact) mass is 401 g/mol. The van der Waals surface area contributed by atoms with Crippen molar-refractivity contribution < 1.29 is 17.9 Å². The van der Waals surface area contributed by atoms with E-state index in [1.54, 1.807) is 48.5 Å². The summed E-state index contributed by atoms with van der Waals surface area (Å²) in [6, 6.07) is 18.9. The summed E-state index contributed by atoms with van der Waals surface area (Å²) < 4.78 is 41.6. The Morgan fingerprint density at radius 2 is 1.67 bits per heavy atom. The van der Waals surface area contributed by atoms with Crippen LogP contribution in [0, 0.1) is 5.82 Å². The molecule has 3 aromatic carbocycles. The summed E-state index contributed by atoms with van der Waals surface area (Å²) in [5.74, 6) is -1.91. The fourth-order valence-electron chi connectivity index (χ4n) is 3.03. The zero-order chi connectivity index (χ0) is 19.2. The van der Waals surface area contributed by atoms with Crippen LogP contribution in [0.5, 0.6) is 5.75 Å². The molecule has 0 fully saturated rings. The van der Waals surface area contributed by atoms with Crippen molar-refractivity contribution in [2.75, 3.05) is 0 Å². The predicted molar refractivity (Wildman–Crippen MR) is 103 cm³/mol. The summed E-state index contributed by atoms with van der Waals surface area (Å²) in [7, 11) is -4.28. The van der Waals surface area contributed by atoms with Crippen molar-refractivity contribution >= 4 is 32.5 Å². The van der Waals surface area contributed by atoms with E-state index in [2.05, 4.69) is 0 Å². The molecule has 1 aromatic heterocycles. The van der Waals surface area contributed by atoms with Crippen LogP contribution in [0.2, 0.25) is 5.02 Å². The van der Waals surface area contributed by atoms with Crippen LogP contribution < -0.4 is 0 Å².